The van der Waals surface area contributed by atoms with Crippen molar-refractivity contribution in [3.05, 3.63) is 71.8 Å². The zero-order valence-electron chi connectivity index (χ0n) is 17.7. The maximum atomic E-state index is 12.8. The Morgan fingerprint density at radius 3 is 2.34 bits per heavy atom. The van der Waals surface area contributed by atoms with Gasteiger partial charge < -0.3 is 20.7 Å². The molecule has 168 valence electrons. The van der Waals surface area contributed by atoms with Crippen LogP contribution in [0.4, 0.5) is 4.79 Å². The molecule has 0 aromatic heterocycles. The van der Waals surface area contributed by atoms with Crippen LogP contribution in [-0.2, 0) is 20.7 Å². The molecule has 3 N–H and O–H groups in total. The monoisotopic (exact) mass is 437 g/mol. The normalized spacial score (nSPS) is 16.1. The minimum Gasteiger partial charge on any atom is -0.375 e. The van der Waals surface area contributed by atoms with E-state index in [1.807, 2.05) is 36.4 Å². The van der Waals surface area contributed by atoms with E-state index in [4.69, 9.17) is 4.74 Å². The molecule has 0 saturated carbocycles. The fourth-order valence-corrected chi connectivity index (χ4v) is 3.47. The summed E-state index contributed by atoms with van der Waals surface area (Å²) in [5.74, 6) is -1.20. The van der Waals surface area contributed by atoms with Gasteiger partial charge in [0.05, 0.1) is 6.04 Å². The van der Waals surface area contributed by atoms with E-state index in [2.05, 4.69) is 16.0 Å². The Morgan fingerprint density at radius 2 is 1.69 bits per heavy atom. The van der Waals surface area contributed by atoms with Crippen LogP contribution in [0.2, 0.25) is 0 Å². The van der Waals surface area contributed by atoms with Crippen molar-refractivity contribution in [2.45, 2.75) is 37.8 Å². The topological polar surface area (TPSA) is 114 Å². The van der Waals surface area contributed by atoms with Crippen LogP contribution in [0.15, 0.2) is 60.7 Å². The third-order valence-electron chi connectivity index (χ3n) is 5.19. The van der Waals surface area contributed by atoms with Crippen molar-refractivity contribution in [2.24, 2.45) is 0 Å². The average Bonchev–Trinajstić information content (AvgIpc) is 3.35. The van der Waals surface area contributed by atoms with Crippen LogP contribution in [0.1, 0.15) is 35.2 Å². The standard InChI is InChI=1S/C24H27N3O5/c28-21(13-15-26-24(31)32-23(30)19-12-7-14-25-19)20(16-17-8-3-1-4-9-17)27-22(29)18-10-5-2-6-11-18/h1-6,8-11,19-20,25H,7,12-16H2,(H,26,31)(H,27,29)/t19-,20?/m0/s1. The Morgan fingerprint density at radius 1 is 1.00 bits per heavy atom. The molecule has 1 saturated heterocycles. The molecule has 2 aromatic carbocycles. The van der Waals surface area contributed by atoms with E-state index in [1.54, 1.807) is 24.3 Å². The van der Waals surface area contributed by atoms with Gasteiger partial charge in [-0.05, 0) is 43.5 Å². The minimum absolute atomic E-state index is 0.00443. The van der Waals surface area contributed by atoms with E-state index in [1.165, 1.54) is 0 Å². The molecule has 2 atom stereocenters. The van der Waals surface area contributed by atoms with Crippen molar-refractivity contribution >= 4 is 23.8 Å². The zero-order valence-corrected chi connectivity index (χ0v) is 17.7. The molecule has 1 aliphatic rings. The number of Topliss-reactive ketones (excluding diaryl/α,β-unsaturated/α-hetero) is 1. The number of ether oxygens (including phenoxy) is 1. The summed E-state index contributed by atoms with van der Waals surface area (Å²) in [6, 6.07) is 16.8. The van der Waals surface area contributed by atoms with E-state index >= 15 is 0 Å². The summed E-state index contributed by atoms with van der Waals surface area (Å²) in [5.41, 5.74) is 1.36. The Bertz CT molecular complexity index is 927. The molecule has 0 bridgehead atoms. The first-order chi connectivity index (χ1) is 15.5. The third-order valence-corrected chi connectivity index (χ3v) is 5.19. The molecule has 2 aromatic rings. The van der Waals surface area contributed by atoms with Gasteiger partial charge in [-0.15, -0.1) is 0 Å². The first-order valence-electron chi connectivity index (χ1n) is 10.7. The molecular weight excluding hydrogens is 410 g/mol. The highest BCUT2D eigenvalue weighted by molar-refractivity contribution is 5.98. The second-order valence-electron chi connectivity index (χ2n) is 7.58. The van der Waals surface area contributed by atoms with Gasteiger partial charge in [-0.3, -0.25) is 9.59 Å². The highest BCUT2D eigenvalue weighted by Crippen LogP contribution is 2.08. The van der Waals surface area contributed by atoms with Gasteiger partial charge in [0.15, 0.2) is 5.78 Å². The number of hydrogen-bond donors (Lipinski definition) is 3. The summed E-state index contributed by atoms with van der Waals surface area (Å²) >= 11 is 0. The minimum atomic E-state index is -0.885. The predicted molar refractivity (Wildman–Crippen MR) is 118 cm³/mol. The van der Waals surface area contributed by atoms with Gasteiger partial charge in [-0.25, -0.2) is 9.59 Å². The summed E-state index contributed by atoms with van der Waals surface area (Å²) in [7, 11) is 0. The van der Waals surface area contributed by atoms with Crippen molar-refractivity contribution in [1.29, 1.82) is 0 Å². The molecule has 8 heteroatoms. The van der Waals surface area contributed by atoms with Crippen molar-refractivity contribution in [2.75, 3.05) is 13.1 Å². The lowest BCUT2D eigenvalue weighted by Gasteiger charge is -2.18. The molecule has 0 aliphatic carbocycles. The largest absolute Gasteiger partial charge is 0.414 e. The quantitative estimate of drug-likeness (QED) is 0.408. The fourth-order valence-electron chi connectivity index (χ4n) is 3.47. The number of nitrogens with one attached hydrogen (secondary N) is 3. The Balaban J connectivity index is 1.53. The van der Waals surface area contributed by atoms with E-state index in [0.29, 0.717) is 24.9 Å². The second kappa shape index (κ2) is 11.8. The maximum Gasteiger partial charge on any atom is 0.414 e. The SMILES string of the molecule is O=C(NCCC(=O)C(Cc1ccccc1)NC(=O)c1ccccc1)OC(=O)[C@@H]1CCCN1. The van der Waals surface area contributed by atoms with Crippen LogP contribution in [0.25, 0.3) is 0 Å². The second-order valence-corrected chi connectivity index (χ2v) is 7.58. The number of rotatable bonds is 9. The van der Waals surface area contributed by atoms with Crippen molar-refractivity contribution in [3.63, 3.8) is 0 Å². The number of alkyl carbamates (subject to hydrolysis) is 1. The Hall–Kier alpha value is -3.52. The Labute approximate surface area is 186 Å². The van der Waals surface area contributed by atoms with Crippen molar-refractivity contribution in [1.82, 2.24) is 16.0 Å². The predicted octanol–water partition coefficient (Wildman–Crippen LogP) is 1.99. The van der Waals surface area contributed by atoms with Gasteiger partial charge in [-0.2, -0.15) is 0 Å². The third kappa shape index (κ3) is 7.02. The van der Waals surface area contributed by atoms with E-state index < -0.39 is 24.1 Å². The lowest BCUT2D eigenvalue weighted by Crippen LogP contribution is -2.43. The van der Waals surface area contributed by atoms with Crippen LogP contribution in [0.5, 0.6) is 0 Å². The zero-order chi connectivity index (χ0) is 22.8. The highest BCUT2D eigenvalue weighted by Gasteiger charge is 2.26. The average molecular weight is 437 g/mol. The molecule has 3 rings (SSSR count). The van der Waals surface area contributed by atoms with Gasteiger partial charge in [0, 0.05) is 18.5 Å². The number of carbonyl (C=O) groups excluding carboxylic acids is 4. The number of esters is 1. The molecular formula is C24H27N3O5. The van der Waals surface area contributed by atoms with E-state index in [9.17, 15) is 19.2 Å². The number of hydrogen-bond acceptors (Lipinski definition) is 6. The van der Waals surface area contributed by atoms with Crippen LogP contribution >= 0.6 is 0 Å². The van der Waals surface area contributed by atoms with Crippen LogP contribution in [-0.4, -0.2) is 48.9 Å². The number of benzene rings is 2. The summed E-state index contributed by atoms with van der Waals surface area (Å²) < 4.78 is 4.76. The first kappa shape index (κ1) is 23.1. The number of carbonyl (C=O) groups is 4. The number of ketones is 1. The lowest BCUT2D eigenvalue weighted by atomic mass is 10.00. The van der Waals surface area contributed by atoms with Gasteiger partial charge >= 0.3 is 12.1 Å². The van der Waals surface area contributed by atoms with Gasteiger partial charge in [0.2, 0.25) is 0 Å². The Kier molecular flexibility index (Phi) is 8.51. The molecule has 0 radical (unpaired) electrons. The van der Waals surface area contributed by atoms with Crippen LogP contribution < -0.4 is 16.0 Å². The molecule has 1 unspecified atom stereocenters. The maximum absolute atomic E-state index is 12.8. The first-order valence-corrected chi connectivity index (χ1v) is 10.7. The highest BCUT2D eigenvalue weighted by atomic mass is 16.6. The van der Waals surface area contributed by atoms with E-state index in [-0.39, 0.29) is 24.7 Å². The summed E-state index contributed by atoms with van der Waals surface area (Å²) in [4.78, 5) is 49.1. The molecule has 1 fully saturated rings. The summed E-state index contributed by atoms with van der Waals surface area (Å²) in [6.45, 7) is 0.711. The molecule has 1 heterocycles. The molecule has 1 aliphatic heterocycles. The van der Waals surface area contributed by atoms with Crippen LogP contribution in [0.3, 0.4) is 0 Å². The molecule has 2 amide bonds. The fraction of sp³-hybridized carbons (Fsp3) is 0.333. The van der Waals surface area contributed by atoms with Crippen molar-refractivity contribution in [3.8, 4) is 0 Å². The lowest BCUT2D eigenvalue weighted by molar-refractivity contribution is -0.139. The van der Waals surface area contributed by atoms with Gasteiger partial charge in [0.25, 0.3) is 5.91 Å². The smallest absolute Gasteiger partial charge is 0.375 e. The van der Waals surface area contributed by atoms with Gasteiger partial charge in [0.1, 0.15) is 6.04 Å². The molecule has 32 heavy (non-hydrogen) atoms. The summed E-state index contributed by atoms with van der Waals surface area (Å²) in [5, 5.41) is 8.18. The molecule has 8 nitrogen and oxygen atoms in total. The van der Waals surface area contributed by atoms with Crippen molar-refractivity contribution < 1.29 is 23.9 Å². The summed E-state index contributed by atoms with van der Waals surface area (Å²) in [6.07, 6.45) is 0.913. The van der Waals surface area contributed by atoms with Gasteiger partial charge in [-0.1, -0.05) is 48.5 Å². The molecule has 0 spiro atoms. The van der Waals surface area contributed by atoms with E-state index in [0.717, 1.165) is 12.0 Å². The van der Waals surface area contributed by atoms with Crippen LogP contribution in [0, 0.1) is 0 Å². The number of amides is 2.